The van der Waals surface area contributed by atoms with E-state index >= 15 is 0 Å². The first-order chi connectivity index (χ1) is 8.41. The van der Waals surface area contributed by atoms with Gasteiger partial charge in [0.05, 0.1) is 5.41 Å². The van der Waals surface area contributed by atoms with Crippen LogP contribution >= 0.6 is 11.6 Å². The van der Waals surface area contributed by atoms with E-state index in [-0.39, 0.29) is 17.5 Å². The molecule has 0 aliphatic heterocycles. The van der Waals surface area contributed by atoms with Gasteiger partial charge in [0.1, 0.15) is 0 Å². The molecule has 4 aliphatic carbocycles. The Balaban J connectivity index is 1.78. The minimum absolute atomic E-state index is 0.212. The maximum atomic E-state index is 12.3. The lowest BCUT2D eigenvalue weighted by Crippen LogP contribution is -2.56. The van der Waals surface area contributed by atoms with Crippen LogP contribution in [0.25, 0.3) is 0 Å². The molecule has 0 heterocycles. The summed E-state index contributed by atoms with van der Waals surface area (Å²) < 4.78 is 5.06. The Morgan fingerprint density at radius 1 is 1.22 bits per heavy atom. The number of alkyl halides is 1. The molecule has 4 bridgehead atoms. The highest BCUT2D eigenvalue weighted by Gasteiger charge is 2.60. The number of carbonyl (C=O) groups is 2. The predicted molar refractivity (Wildman–Crippen MR) is 65.9 cm³/mol. The highest BCUT2D eigenvalue weighted by Crippen LogP contribution is 2.64. The molecule has 4 atom stereocenters. The molecule has 0 spiro atoms. The van der Waals surface area contributed by atoms with Crippen molar-refractivity contribution in [3.63, 3.8) is 0 Å². The second-order valence-corrected chi connectivity index (χ2v) is 7.24. The average molecular weight is 272 g/mol. The van der Waals surface area contributed by atoms with Crippen LogP contribution in [0.3, 0.4) is 0 Å². The van der Waals surface area contributed by atoms with E-state index < -0.39 is 11.3 Å². The molecule has 0 radical (unpaired) electrons. The summed E-state index contributed by atoms with van der Waals surface area (Å²) in [5.41, 5.74) is 4.57. The molecule has 1 amide bonds. The van der Waals surface area contributed by atoms with Gasteiger partial charge < -0.3 is 10.5 Å². The third-order valence-electron chi connectivity index (χ3n) is 4.77. The lowest BCUT2D eigenvalue weighted by Gasteiger charge is -2.58. The molecule has 2 unspecified atom stereocenters. The van der Waals surface area contributed by atoms with Crippen molar-refractivity contribution in [3.8, 4) is 0 Å². The fourth-order valence-corrected chi connectivity index (χ4v) is 5.37. The van der Waals surface area contributed by atoms with Crippen LogP contribution in [0.5, 0.6) is 0 Å². The van der Waals surface area contributed by atoms with Crippen molar-refractivity contribution in [2.24, 2.45) is 23.0 Å². The lowest BCUT2D eigenvalue weighted by molar-refractivity contribution is -0.171. The van der Waals surface area contributed by atoms with Gasteiger partial charge >= 0.3 is 5.97 Å². The zero-order valence-electron chi connectivity index (χ0n) is 10.3. The van der Waals surface area contributed by atoms with Gasteiger partial charge in [-0.2, -0.15) is 0 Å². The van der Waals surface area contributed by atoms with Gasteiger partial charge in [0.15, 0.2) is 6.61 Å². The number of primary amides is 1. The number of hydrogen-bond donors (Lipinski definition) is 1. The third kappa shape index (κ3) is 1.91. The van der Waals surface area contributed by atoms with Crippen molar-refractivity contribution in [1.82, 2.24) is 0 Å². The summed E-state index contributed by atoms with van der Waals surface area (Å²) in [6.07, 6.45) is 5.68. The number of esters is 1. The van der Waals surface area contributed by atoms with Gasteiger partial charge in [-0.1, -0.05) is 0 Å². The van der Waals surface area contributed by atoms with E-state index in [4.69, 9.17) is 22.1 Å². The molecule has 0 aromatic rings. The molecule has 0 aromatic carbocycles. The fraction of sp³-hybridized carbons (Fsp3) is 0.846. The van der Waals surface area contributed by atoms with Crippen LogP contribution in [-0.4, -0.2) is 23.4 Å². The van der Waals surface area contributed by atoms with Crippen molar-refractivity contribution >= 4 is 23.5 Å². The fourth-order valence-electron chi connectivity index (χ4n) is 4.68. The van der Waals surface area contributed by atoms with Crippen LogP contribution in [0, 0.1) is 17.3 Å². The normalized spacial score (nSPS) is 44.9. The molecule has 0 saturated heterocycles. The first-order valence-corrected chi connectivity index (χ1v) is 6.93. The Bertz CT molecular complexity index is 395. The molecule has 4 nitrogen and oxygen atoms in total. The summed E-state index contributed by atoms with van der Waals surface area (Å²) in [4.78, 5) is 22.8. The van der Waals surface area contributed by atoms with Crippen LogP contribution in [0.15, 0.2) is 0 Å². The Labute approximate surface area is 111 Å². The van der Waals surface area contributed by atoms with Gasteiger partial charge in [0.2, 0.25) is 0 Å². The van der Waals surface area contributed by atoms with Crippen molar-refractivity contribution in [2.45, 2.75) is 43.4 Å². The van der Waals surface area contributed by atoms with Crippen LogP contribution in [0.4, 0.5) is 0 Å². The highest BCUT2D eigenvalue weighted by atomic mass is 35.5. The summed E-state index contributed by atoms with van der Waals surface area (Å²) in [5.74, 6) is 0.226. The molecule has 2 N–H and O–H groups in total. The average Bonchev–Trinajstić information content (AvgIpc) is 2.22. The summed E-state index contributed by atoms with van der Waals surface area (Å²) in [6.45, 7) is -0.314. The zero-order chi connectivity index (χ0) is 13.0. The number of rotatable bonds is 3. The topological polar surface area (TPSA) is 69.4 Å². The second-order valence-electron chi connectivity index (χ2n) is 6.43. The van der Waals surface area contributed by atoms with Gasteiger partial charge in [-0.05, 0) is 50.4 Å². The van der Waals surface area contributed by atoms with Crippen molar-refractivity contribution in [2.75, 3.05) is 6.61 Å². The van der Waals surface area contributed by atoms with Crippen LogP contribution < -0.4 is 5.73 Å². The standard InChI is InChI=1S/C13H18ClNO3/c14-13-4-8-1-9(5-13)3-12(2-8,7-13)11(17)18-6-10(15)16/h8-9H,1-7H2,(H2,15,16)/t8-,9+,12?,13?. The number of nitrogens with two attached hydrogens (primary N) is 1. The van der Waals surface area contributed by atoms with E-state index in [2.05, 4.69) is 0 Å². The summed E-state index contributed by atoms with van der Waals surface area (Å²) in [5, 5.41) is 0. The molecule has 4 rings (SSSR count). The smallest absolute Gasteiger partial charge is 0.312 e. The monoisotopic (exact) mass is 271 g/mol. The molecule has 18 heavy (non-hydrogen) atoms. The third-order valence-corrected chi connectivity index (χ3v) is 5.21. The number of carbonyl (C=O) groups excluding carboxylic acids is 2. The number of hydrogen-bond acceptors (Lipinski definition) is 3. The first-order valence-electron chi connectivity index (χ1n) is 6.55. The van der Waals surface area contributed by atoms with Gasteiger partial charge in [-0.15, -0.1) is 11.6 Å². The van der Waals surface area contributed by atoms with E-state index in [1.165, 1.54) is 6.42 Å². The van der Waals surface area contributed by atoms with Gasteiger partial charge in [-0.25, -0.2) is 0 Å². The van der Waals surface area contributed by atoms with Gasteiger partial charge in [-0.3, -0.25) is 9.59 Å². The Morgan fingerprint density at radius 3 is 2.33 bits per heavy atom. The molecule has 4 saturated carbocycles. The van der Waals surface area contributed by atoms with Crippen LogP contribution in [-0.2, 0) is 14.3 Å². The van der Waals surface area contributed by atoms with Gasteiger partial charge in [0, 0.05) is 4.87 Å². The van der Waals surface area contributed by atoms with Crippen LogP contribution in [0.2, 0.25) is 0 Å². The molecule has 0 aromatic heterocycles. The molecular weight excluding hydrogens is 254 g/mol. The first kappa shape index (κ1) is 12.3. The quantitative estimate of drug-likeness (QED) is 0.626. The predicted octanol–water partition coefficient (Wildman–Crippen LogP) is 1.59. The van der Waals surface area contributed by atoms with Crippen LogP contribution in [0.1, 0.15) is 38.5 Å². The van der Waals surface area contributed by atoms with Crippen molar-refractivity contribution in [3.05, 3.63) is 0 Å². The number of halogens is 1. The lowest BCUT2D eigenvalue weighted by atomic mass is 9.49. The van der Waals surface area contributed by atoms with Crippen molar-refractivity contribution in [1.29, 1.82) is 0 Å². The Kier molecular flexibility index (Phi) is 2.63. The zero-order valence-corrected chi connectivity index (χ0v) is 11.0. The minimum Gasteiger partial charge on any atom is -0.455 e. The molecule has 4 aliphatic rings. The summed E-state index contributed by atoms with van der Waals surface area (Å²) in [6, 6.07) is 0. The maximum absolute atomic E-state index is 12.3. The number of amides is 1. The summed E-state index contributed by atoms with van der Waals surface area (Å²) in [7, 11) is 0. The molecular formula is C13H18ClNO3. The van der Waals surface area contributed by atoms with E-state index in [9.17, 15) is 9.59 Å². The minimum atomic E-state index is -0.603. The van der Waals surface area contributed by atoms with E-state index in [0.29, 0.717) is 18.3 Å². The Hall–Kier alpha value is -0.770. The Morgan fingerprint density at radius 2 is 1.83 bits per heavy atom. The molecule has 4 fully saturated rings. The van der Waals surface area contributed by atoms with E-state index in [1.807, 2.05) is 0 Å². The SMILES string of the molecule is NC(=O)COC(=O)C12C[C@@H]3C[C@@H](CC(Cl)(C3)C1)C2. The molecule has 100 valence electrons. The second kappa shape index (κ2) is 3.86. The highest BCUT2D eigenvalue weighted by molar-refractivity contribution is 6.24. The van der Waals surface area contributed by atoms with E-state index in [0.717, 1.165) is 25.7 Å². The maximum Gasteiger partial charge on any atom is 0.312 e. The van der Waals surface area contributed by atoms with E-state index in [1.54, 1.807) is 0 Å². The number of ether oxygens (including phenoxy) is 1. The van der Waals surface area contributed by atoms with Crippen molar-refractivity contribution < 1.29 is 14.3 Å². The largest absolute Gasteiger partial charge is 0.455 e. The summed E-state index contributed by atoms with van der Waals surface area (Å²) >= 11 is 6.63. The molecule has 5 heteroatoms. The van der Waals surface area contributed by atoms with Gasteiger partial charge in [0.25, 0.3) is 5.91 Å².